The Morgan fingerprint density at radius 2 is 1.91 bits per heavy atom. The van der Waals surface area contributed by atoms with Crippen LogP contribution < -0.4 is 5.32 Å². The van der Waals surface area contributed by atoms with E-state index in [-0.39, 0.29) is 16.9 Å². The molecule has 0 atom stereocenters. The lowest BCUT2D eigenvalue weighted by Gasteiger charge is -2.19. The fourth-order valence-electron chi connectivity index (χ4n) is 2.99. The monoisotopic (exact) mass is 393 g/mol. The summed E-state index contributed by atoms with van der Waals surface area (Å²) < 4.78 is 0.886. The Kier molecular flexibility index (Phi) is 4.06. The third-order valence-corrected chi connectivity index (χ3v) is 5.88. The number of rotatable bonds is 3. The Balaban J connectivity index is 1.97. The first-order valence-corrected chi connectivity index (χ1v) is 8.87. The van der Waals surface area contributed by atoms with Crippen LogP contribution in [0.25, 0.3) is 0 Å². The Bertz CT molecular complexity index is 793. The normalized spacial score (nSPS) is 15.3. The van der Waals surface area contributed by atoms with Crippen LogP contribution in [-0.4, -0.2) is 17.0 Å². The summed E-state index contributed by atoms with van der Waals surface area (Å²) in [4.78, 5) is 25.2. The van der Waals surface area contributed by atoms with E-state index in [0.29, 0.717) is 10.6 Å². The van der Waals surface area contributed by atoms with Crippen molar-refractivity contribution in [2.45, 2.75) is 32.1 Å². The largest absolute Gasteiger partial charge is 0.478 e. The van der Waals surface area contributed by atoms with Crippen molar-refractivity contribution in [3.8, 4) is 0 Å². The summed E-state index contributed by atoms with van der Waals surface area (Å²) in [5, 5.41) is 12.8. The smallest absolute Gasteiger partial charge is 0.339 e. The maximum absolute atomic E-state index is 12.4. The highest BCUT2D eigenvalue weighted by molar-refractivity contribution is 9.10. The standard InChI is InChI=1S/C17H16BrNO3S/c1-17(2)8-7-11-13(17)12(16(21)22)15(23-11)19-14(20)9-3-5-10(18)6-4-9/h3-6H,7-8H2,1-2H3,(H,19,20)(H,21,22). The number of aromatic carboxylic acids is 1. The molecule has 0 bridgehead atoms. The second-order valence-electron chi connectivity index (χ2n) is 6.25. The number of aryl methyl sites for hydroxylation is 1. The van der Waals surface area contributed by atoms with Gasteiger partial charge in [-0.25, -0.2) is 4.79 Å². The first-order chi connectivity index (χ1) is 10.8. The van der Waals surface area contributed by atoms with Gasteiger partial charge in [0, 0.05) is 14.9 Å². The topological polar surface area (TPSA) is 66.4 Å². The van der Waals surface area contributed by atoms with Gasteiger partial charge < -0.3 is 10.4 Å². The van der Waals surface area contributed by atoms with Crippen molar-refractivity contribution in [1.82, 2.24) is 0 Å². The molecule has 0 fully saturated rings. The summed E-state index contributed by atoms with van der Waals surface area (Å²) in [7, 11) is 0. The van der Waals surface area contributed by atoms with E-state index in [1.165, 1.54) is 11.3 Å². The number of amides is 1. The number of nitrogens with one attached hydrogen (secondary N) is 1. The van der Waals surface area contributed by atoms with Gasteiger partial charge in [-0.1, -0.05) is 29.8 Å². The van der Waals surface area contributed by atoms with E-state index in [1.807, 2.05) is 0 Å². The van der Waals surface area contributed by atoms with Gasteiger partial charge in [-0.3, -0.25) is 4.79 Å². The summed E-state index contributed by atoms with van der Waals surface area (Å²) in [5.74, 6) is -1.28. The van der Waals surface area contributed by atoms with Gasteiger partial charge in [-0.05, 0) is 48.1 Å². The molecule has 1 aromatic heterocycles. The molecule has 2 aromatic rings. The molecule has 0 radical (unpaired) electrons. The number of carboxylic acids is 1. The third kappa shape index (κ3) is 2.93. The van der Waals surface area contributed by atoms with Crippen molar-refractivity contribution in [2.24, 2.45) is 0 Å². The fourth-order valence-corrected chi connectivity index (χ4v) is 4.62. The van der Waals surface area contributed by atoms with Crippen molar-refractivity contribution in [3.63, 3.8) is 0 Å². The quantitative estimate of drug-likeness (QED) is 0.794. The highest BCUT2D eigenvalue weighted by Crippen LogP contribution is 2.48. The van der Waals surface area contributed by atoms with Crippen molar-refractivity contribution in [3.05, 3.63) is 50.3 Å². The molecule has 1 amide bonds. The van der Waals surface area contributed by atoms with Crippen LogP contribution in [-0.2, 0) is 11.8 Å². The molecule has 1 aliphatic rings. The number of thiophene rings is 1. The summed E-state index contributed by atoms with van der Waals surface area (Å²) in [6.45, 7) is 4.11. The van der Waals surface area contributed by atoms with Gasteiger partial charge >= 0.3 is 5.97 Å². The van der Waals surface area contributed by atoms with Crippen molar-refractivity contribution >= 4 is 44.1 Å². The molecule has 6 heteroatoms. The zero-order valence-corrected chi connectivity index (χ0v) is 15.2. The molecule has 0 unspecified atom stereocenters. The lowest BCUT2D eigenvalue weighted by atomic mass is 9.85. The number of benzene rings is 1. The van der Waals surface area contributed by atoms with Crippen molar-refractivity contribution in [1.29, 1.82) is 0 Å². The predicted molar refractivity (Wildman–Crippen MR) is 94.7 cm³/mol. The molecule has 3 rings (SSSR count). The van der Waals surface area contributed by atoms with Crippen LogP contribution in [0.2, 0.25) is 0 Å². The van der Waals surface area contributed by atoms with Crippen molar-refractivity contribution in [2.75, 3.05) is 5.32 Å². The van der Waals surface area contributed by atoms with E-state index in [2.05, 4.69) is 35.1 Å². The Hall–Kier alpha value is -1.66. The zero-order valence-electron chi connectivity index (χ0n) is 12.8. The SMILES string of the molecule is CC1(C)CCc2sc(NC(=O)c3ccc(Br)cc3)c(C(=O)O)c21. The van der Waals surface area contributed by atoms with Gasteiger partial charge in [0.25, 0.3) is 5.91 Å². The van der Waals surface area contributed by atoms with E-state index < -0.39 is 5.97 Å². The molecule has 0 saturated carbocycles. The number of hydrogen-bond acceptors (Lipinski definition) is 3. The van der Waals surface area contributed by atoms with Crippen LogP contribution in [0.1, 0.15) is 51.4 Å². The number of carbonyl (C=O) groups is 2. The highest BCUT2D eigenvalue weighted by Gasteiger charge is 2.38. The maximum Gasteiger partial charge on any atom is 0.339 e. The molecule has 0 spiro atoms. The van der Waals surface area contributed by atoms with E-state index in [1.54, 1.807) is 24.3 Å². The molecule has 1 aliphatic carbocycles. The zero-order chi connectivity index (χ0) is 16.8. The number of halogens is 1. The summed E-state index contributed by atoms with van der Waals surface area (Å²) in [5.41, 5.74) is 1.46. The lowest BCUT2D eigenvalue weighted by molar-refractivity contribution is 0.0696. The molecule has 0 aliphatic heterocycles. The average Bonchev–Trinajstić information content (AvgIpc) is 2.97. The minimum absolute atomic E-state index is 0.167. The number of carboxylic acid groups (broad SMARTS) is 1. The molecule has 120 valence electrons. The van der Waals surface area contributed by atoms with Crippen LogP contribution >= 0.6 is 27.3 Å². The summed E-state index contributed by atoms with van der Waals surface area (Å²) >= 11 is 4.71. The molecule has 4 nitrogen and oxygen atoms in total. The number of carbonyl (C=O) groups excluding carboxylic acids is 1. The van der Waals surface area contributed by atoms with E-state index in [0.717, 1.165) is 27.8 Å². The minimum Gasteiger partial charge on any atom is -0.478 e. The van der Waals surface area contributed by atoms with Gasteiger partial charge in [-0.2, -0.15) is 0 Å². The molecule has 0 saturated heterocycles. The highest BCUT2D eigenvalue weighted by atomic mass is 79.9. The minimum atomic E-state index is -0.983. The van der Waals surface area contributed by atoms with Gasteiger partial charge in [0.1, 0.15) is 5.00 Å². The molecular weight excluding hydrogens is 378 g/mol. The van der Waals surface area contributed by atoms with E-state index in [4.69, 9.17) is 0 Å². The van der Waals surface area contributed by atoms with Gasteiger partial charge in [0.15, 0.2) is 0 Å². The summed E-state index contributed by atoms with van der Waals surface area (Å²) in [6.07, 6.45) is 1.80. The van der Waals surface area contributed by atoms with E-state index in [9.17, 15) is 14.7 Å². The van der Waals surface area contributed by atoms with Crippen LogP contribution in [0.15, 0.2) is 28.7 Å². The number of fused-ring (bicyclic) bond motifs is 1. The second kappa shape index (κ2) is 5.76. The lowest BCUT2D eigenvalue weighted by Crippen LogP contribution is -2.18. The van der Waals surface area contributed by atoms with Gasteiger partial charge in [-0.15, -0.1) is 11.3 Å². The first-order valence-electron chi connectivity index (χ1n) is 7.26. The van der Waals surface area contributed by atoms with Crippen molar-refractivity contribution < 1.29 is 14.7 Å². The molecule has 1 aromatic carbocycles. The number of anilines is 1. The predicted octanol–water partition coefficient (Wildman–Crippen LogP) is 4.68. The Morgan fingerprint density at radius 3 is 2.52 bits per heavy atom. The van der Waals surface area contributed by atoms with Crippen LogP contribution in [0.3, 0.4) is 0 Å². The first kappa shape index (κ1) is 16.2. The molecule has 1 heterocycles. The molecule has 2 N–H and O–H groups in total. The fraction of sp³-hybridized carbons (Fsp3) is 0.294. The molecular formula is C17H16BrNO3S. The second-order valence-corrected chi connectivity index (χ2v) is 8.28. The summed E-state index contributed by atoms with van der Waals surface area (Å²) in [6, 6.07) is 6.96. The maximum atomic E-state index is 12.4. The van der Waals surface area contributed by atoms with Crippen LogP contribution in [0, 0.1) is 0 Å². The number of hydrogen-bond donors (Lipinski definition) is 2. The Labute approximate surface area is 146 Å². The van der Waals surface area contributed by atoms with E-state index >= 15 is 0 Å². The van der Waals surface area contributed by atoms with Gasteiger partial charge in [0.2, 0.25) is 0 Å². The third-order valence-electron chi connectivity index (χ3n) is 4.18. The van der Waals surface area contributed by atoms with Crippen LogP contribution in [0.4, 0.5) is 5.00 Å². The van der Waals surface area contributed by atoms with Gasteiger partial charge in [0.05, 0.1) is 5.56 Å². The molecule has 23 heavy (non-hydrogen) atoms. The van der Waals surface area contributed by atoms with Crippen LogP contribution in [0.5, 0.6) is 0 Å². The Morgan fingerprint density at radius 1 is 1.26 bits per heavy atom. The average molecular weight is 394 g/mol.